The molecule has 2 aromatic carbocycles. The molecule has 0 aliphatic carbocycles. The normalized spacial score (nSPS) is 10.9. The lowest BCUT2D eigenvalue weighted by Gasteiger charge is -2.12. The lowest BCUT2D eigenvalue weighted by Crippen LogP contribution is -2.15. The molecule has 0 saturated heterocycles. The second kappa shape index (κ2) is 9.71. The van der Waals surface area contributed by atoms with Crippen LogP contribution in [0.15, 0.2) is 59.7 Å². The van der Waals surface area contributed by atoms with E-state index >= 15 is 0 Å². The molecule has 1 amide bonds. The Balaban J connectivity index is 1.44. The van der Waals surface area contributed by atoms with Crippen molar-refractivity contribution in [3.05, 3.63) is 66.0 Å². The van der Waals surface area contributed by atoms with Crippen molar-refractivity contribution in [2.24, 2.45) is 0 Å². The summed E-state index contributed by atoms with van der Waals surface area (Å²) in [7, 11) is 0. The summed E-state index contributed by atoms with van der Waals surface area (Å²) in [6.07, 6.45) is 1.76. The molecular weight excluding hydrogens is 432 g/mol. The van der Waals surface area contributed by atoms with E-state index in [0.717, 1.165) is 16.7 Å². The van der Waals surface area contributed by atoms with Gasteiger partial charge in [0.2, 0.25) is 11.0 Å². The number of benzene rings is 2. The smallest absolute Gasteiger partial charge is 0.236 e. The first kappa shape index (κ1) is 21.0. The van der Waals surface area contributed by atoms with Crippen LogP contribution in [-0.4, -0.2) is 36.6 Å². The fourth-order valence-electron chi connectivity index (χ4n) is 3.06. The van der Waals surface area contributed by atoms with E-state index in [2.05, 4.69) is 44.4 Å². The number of aryl methyl sites for hydroxylation is 1. The van der Waals surface area contributed by atoms with Crippen molar-refractivity contribution in [3.63, 3.8) is 0 Å². The van der Waals surface area contributed by atoms with E-state index in [1.165, 1.54) is 28.5 Å². The Morgan fingerprint density at radius 3 is 2.94 bits per heavy atom. The minimum Gasteiger partial charge on any atom is -0.485 e. The highest BCUT2D eigenvalue weighted by Crippen LogP contribution is 2.28. The molecule has 0 saturated carbocycles. The van der Waals surface area contributed by atoms with Gasteiger partial charge in [-0.25, -0.2) is 0 Å². The van der Waals surface area contributed by atoms with Crippen LogP contribution in [0.5, 0.6) is 5.75 Å². The van der Waals surface area contributed by atoms with Gasteiger partial charge in [-0.05, 0) is 29.3 Å². The van der Waals surface area contributed by atoms with Gasteiger partial charge in [-0.3, -0.25) is 14.7 Å². The summed E-state index contributed by atoms with van der Waals surface area (Å²) in [5, 5.41) is 22.1. The molecule has 0 aliphatic rings. The van der Waals surface area contributed by atoms with Crippen molar-refractivity contribution < 1.29 is 9.53 Å². The number of carbonyl (C=O) groups is 1. The van der Waals surface area contributed by atoms with Gasteiger partial charge in [0.05, 0.1) is 5.75 Å². The van der Waals surface area contributed by atoms with Crippen LogP contribution in [0.3, 0.4) is 0 Å². The van der Waals surface area contributed by atoms with Crippen molar-refractivity contribution in [2.75, 3.05) is 11.1 Å². The second-order valence-electron chi connectivity index (χ2n) is 6.58. The molecule has 0 atom stereocenters. The molecule has 31 heavy (non-hydrogen) atoms. The van der Waals surface area contributed by atoms with Crippen molar-refractivity contribution in [2.45, 2.75) is 25.2 Å². The highest BCUT2D eigenvalue weighted by molar-refractivity contribution is 7.99. The van der Waals surface area contributed by atoms with Crippen molar-refractivity contribution >= 4 is 44.9 Å². The summed E-state index contributed by atoms with van der Waals surface area (Å²) < 4.78 is 7.96. The molecule has 0 radical (unpaired) electrons. The van der Waals surface area contributed by atoms with Gasteiger partial charge < -0.3 is 4.74 Å². The van der Waals surface area contributed by atoms with Gasteiger partial charge in [0.1, 0.15) is 17.9 Å². The summed E-state index contributed by atoms with van der Waals surface area (Å²) in [5.41, 5.74) is 2.64. The van der Waals surface area contributed by atoms with Gasteiger partial charge in [0.15, 0.2) is 11.0 Å². The zero-order valence-electron chi connectivity index (χ0n) is 16.8. The first-order valence-electron chi connectivity index (χ1n) is 9.48. The van der Waals surface area contributed by atoms with Gasteiger partial charge in [-0.2, -0.15) is 0 Å². The van der Waals surface area contributed by atoms with Crippen LogP contribution in [0.25, 0.3) is 10.8 Å². The van der Waals surface area contributed by atoms with Gasteiger partial charge in [-0.15, -0.1) is 27.0 Å². The Kier molecular flexibility index (Phi) is 6.58. The molecule has 0 spiro atoms. The Morgan fingerprint density at radius 2 is 2.13 bits per heavy atom. The van der Waals surface area contributed by atoms with Gasteiger partial charge in [0.25, 0.3) is 0 Å². The molecule has 1 N–H and O–H groups in total. The highest BCUT2D eigenvalue weighted by atomic mass is 32.2. The van der Waals surface area contributed by atoms with E-state index in [1.807, 2.05) is 35.8 Å². The lowest BCUT2D eigenvalue weighted by molar-refractivity contribution is -0.113. The van der Waals surface area contributed by atoms with E-state index in [4.69, 9.17) is 4.74 Å². The monoisotopic (exact) mass is 452 g/mol. The SMILES string of the molecule is C=CCn1c(COc2ccc3ccccc3c2C)nnc1SCC(=O)Nc1nncs1. The third kappa shape index (κ3) is 4.92. The summed E-state index contributed by atoms with van der Waals surface area (Å²) in [6, 6.07) is 12.2. The van der Waals surface area contributed by atoms with Crippen molar-refractivity contribution in [3.8, 4) is 5.75 Å². The number of carbonyl (C=O) groups excluding carboxylic acids is 1. The maximum atomic E-state index is 12.1. The predicted molar refractivity (Wildman–Crippen MR) is 122 cm³/mol. The largest absolute Gasteiger partial charge is 0.485 e. The number of hydrogen-bond donors (Lipinski definition) is 1. The first-order chi connectivity index (χ1) is 15.2. The van der Waals surface area contributed by atoms with Crippen LogP contribution in [0.4, 0.5) is 5.13 Å². The molecule has 0 unspecified atom stereocenters. The second-order valence-corrected chi connectivity index (χ2v) is 8.35. The third-order valence-corrected chi connectivity index (χ3v) is 6.12. The van der Waals surface area contributed by atoms with E-state index in [9.17, 15) is 4.79 Å². The van der Waals surface area contributed by atoms with Crippen LogP contribution < -0.4 is 10.1 Å². The quantitative estimate of drug-likeness (QED) is 0.302. The first-order valence-corrected chi connectivity index (χ1v) is 11.3. The molecular formula is C21H20N6O2S2. The van der Waals surface area contributed by atoms with Gasteiger partial charge in [0, 0.05) is 6.54 Å². The highest BCUT2D eigenvalue weighted by Gasteiger charge is 2.15. The van der Waals surface area contributed by atoms with Crippen LogP contribution >= 0.6 is 23.1 Å². The number of ether oxygens (including phenoxy) is 1. The Bertz CT molecular complexity index is 1210. The molecule has 0 fully saturated rings. The van der Waals surface area contributed by atoms with Crippen LogP contribution in [0, 0.1) is 6.92 Å². The Morgan fingerprint density at radius 1 is 1.26 bits per heavy atom. The van der Waals surface area contributed by atoms with Gasteiger partial charge in [-0.1, -0.05) is 59.5 Å². The zero-order valence-corrected chi connectivity index (χ0v) is 18.4. The summed E-state index contributed by atoms with van der Waals surface area (Å²) in [6.45, 7) is 6.63. The number of nitrogens with zero attached hydrogens (tertiary/aromatic N) is 5. The fourth-order valence-corrected chi connectivity index (χ4v) is 4.29. The Labute approximate surface area is 187 Å². The molecule has 4 aromatic rings. The van der Waals surface area contributed by atoms with E-state index in [-0.39, 0.29) is 18.3 Å². The van der Waals surface area contributed by atoms with Crippen LogP contribution in [0.1, 0.15) is 11.4 Å². The van der Waals surface area contributed by atoms with E-state index in [1.54, 1.807) is 11.6 Å². The minimum atomic E-state index is -0.181. The number of hydrogen-bond acceptors (Lipinski definition) is 8. The van der Waals surface area contributed by atoms with Crippen LogP contribution in [-0.2, 0) is 17.9 Å². The molecule has 2 aromatic heterocycles. The van der Waals surface area contributed by atoms with E-state index < -0.39 is 0 Å². The summed E-state index contributed by atoms with van der Waals surface area (Å²) >= 11 is 2.56. The molecule has 2 heterocycles. The van der Waals surface area contributed by atoms with Gasteiger partial charge >= 0.3 is 0 Å². The standard InChI is InChI=1S/C21H20N6O2S2/c1-3-10-27-18(11-29-17-9-8-15-6-4-5-7-16(15)14(17)2)24-26-21(27)30-12-19(28)23-20-25-22-13-31-20/h3-9,13H,1,10-12H2,2H3,(H,23,25,28). The number of nitrogens with one attached hydrogen (secondary N) is 1. The topological polar surface area (TPSA) is 94.8 Å². The molecule has 4 rings (SSSR count). The lowest BCUT2D eigenvalue weighted by atomic mass is 10.0. The number of aromatic nitrogens is 5. The number of allylic oxidation sites excluding steroid dienone is 1. The Hall–Kier alpha value is -3.24. The maximum Gasteiger partial charge on any atom is 0.236 e. The zero-order chi connectivity index (χ0) is 21.6. The third-order valence-electron chi connectivity index (χ3n) is 4.55. The number of amides is 1. The molecule has 8 nitrogen and oxygen atoms in total. The molecule has 10 heteroatoms. The maximum absolute atomic E-state index is 12.1. The minimum absolute atomic E-state index is 0.180. The average Bonchev–Trinajstić information content (AvgIpc) is 3.42. The van der Waals surface area contributed by atoms with Crippen molar-refractivity contribution in [1.82, 2.24) is 25.0 Å². The summed E-state index contributed by atoms with van der Waals surface area (Å²) in [5.74, 6) is 1.47. The van der Waals surface area contributed by atoms with E-state index in [0.29, 0.717) is 22.7 Å². The number of anilines is 1. The predicted octanol–water partition coefficient (Wildman–Crippen LogP) is 4.09. The number of fused-ring (bicyclic) bond motifs is 1. The summed E-state index contributed by atoms with van der Waals surface area (Å²) in [4.78, 5) is 12.1. The average molecular weight is 453 g/mol. The number of rotatable bonds is 9. The fraction of sp³-hybridized carbons (Fsp3) is 0.190. The van der Waals surface area contributed by atoms with Crippen molar-refractivity contribution in [1.29, 1.82) is 0 Å². The number of thioether (sulfide) groups is 1. The molecule has 0 bridgehead atoms. The van der Waals surface area contributed by atoms with Crippen LogP contribution in [0.2, 0.25) is 0 Å². The molecule has 158 valence electrons. The molecule has 0 aliphatic heterocycles.